The van der Waals surface area contributed by atoms with Crippen LogP contribution in [0.3, 0.4) is 0 Å². The molecule has 0 atom stereocenters. The largest absolute Gasteiger partial charge is 0.345 e. The van der Waals surface area contributed by atoms with Crippen molar-refractivity contribution in [1.82, 2.24) is 29.0 Å². The lowest BCUT2D eigenvalue weighted by molar-refractivity contribution is 0.0945. The molecule has 4 aromatic heterocycles. The van der Waals surface area contributed by atoms with Gasteiger partial charge in [-0.2, -0.15) is 0 Å². The smallest absolute Gasteiger partial charge is 0.270 e. The molecule has 0 saturated carbocycles. The number of nitrogens with zero attached hydrogens (tertiary/aromatic N) is 5. The molecule has 0 spiro atoms. The van der Waals surface area contributed by atoms with E-state index in [-0.39, 0.29) is 17.8 Å². The van der Waals surface area contributed by atoms with Crippen LogP contribution in [0.1, 0.15) is 32.9 Å². The Labute approximate surface area is 201 Å². The molecule has 1 aromatic carbocycles. The Kier molecular flexibility index (Phi) is 5.35. The van der Waals surface area contributed by atoms with Gasteiger partial charge in [0.15, 0.2) is 0 Å². The van der Waals surface area contributed by atoms with Crippen LogP contribution >= 0.6 is 0 Å². The van der Waals surface area contributed by atoms with Gasteiger partial charge in [0.1, 0.15) is 17.0 Å². The normalized spacial score (nSPS) is 13.7. The van der Waals surface area contributed by atoms with Gasteiger partial charge in [-0.15, -0.1) is 0 Å². The number of imidazole rings is 1. The summed E-state index contributed by atoms with van der Waals surface area (Å²) in [5, 5.41) is 2.82. The Bertz CT molecular complexity index is 1620. The lowest BCUT2D eigenvalue weighted by Crippen LogP contribution is -2.30. The number of nitrogens with one attached hydrogen (secondary N) is 1. The number of hydrogen-bond donors (Lipinski definition) is 1. The summed E-state index contributed by atoms with van der Waals surface area (Å²) in [6.45, 7) is 3.12. The predicted molar refractivity (Wildman–Crippen MR) is 132 cm³/mol. The molecule has 0 aliphatic carbocycles. The fraction of sp³-hybridized carbons (Fsp3) is 0.185. The van der Waals surface area contributed by atoms with Gasteiger partial charge in [-0.3, -0.25) is 18.9 Å². The summed E-state index contributed by atoms with van der Waals surface area (Å²) in [5.41, 5.74) is 5.86. The topological polar surface area (TPSA) is 84.0 Å². The molecular formula is C27H24N6O2. The molecule has 1 amide bonds. The van der Waals surface area contributed by atoms with E-state index in [0.717, 1.165) is 37.4 Å². The molecule has 0 fully saturated rings. The zero-order valence-corrected chi connectivity index (χ0v) is 19.1. The first kappa shape index (κ1) is 21.2. The third-order valence-electron chi connectivity index (χ3n) is 6.41. The van der Waals surface area contributed by atoms with Crippen LogP contribution in [0.5, 0.6) is 0 Å². The number of carbonyl (C=O) groups is 1. The van der Waals surface area contributed by atoms with Crippen molar-refractivity contribution in [2.24, 2.45) is 0 Å². The molecule has 5 heterocycles. The summed E-state index contributed by atoms with van der Waals surface area (Å²) in [5.74, 6) is -0.406. The standard InChI is InChI=1S/C27H24N6O2/c34-26-13-23(30-25-7-3-4-11-33(25)26)27(35)28-14-22-18-32-16-19(8-9-24(32)29-22)15-31-12-10-20-5-1-2-6-21(20)17-31/h1-9,11,13,16,18H,10,12,14-15,17H2,(H,28,35). The number of hydrogen-bond acceptors (Lipinski definition) is 5. The lowest BCUT2D eigenvalue weighted by atomic mass is 10.00. The SMILES string of the molecule is O=C(NCc1cn2cc(CN3CCc4ccccc4C3)ccc2n1)c1cc(=O)n2ccccc2n1. The van der Waals surface area contributed by atoms with Crippen molar-refractivity contribution in [3.63, 3.8) is 0 Å². The first-order valence-electron chi connectivity index (χ1n) is 11.6. The summed E-state index contributed by atoms with van der Waals surface area (Å²) in [6, 6.07) is 19.2. The van der Waals surface area contributed by atoms with Gasteiger partial charge < -0.3 is 9.72 Å². The van der Waals surface area contributed by atoms with E-state index < -0.39 is 5.91 Å². The monoisotopic (exact) mass is 464 g/mol. The third-order valence-corrected chi connectivity index (χ3v) is 6.41. The summed E-state index contributed by atoms with van der Waals surface area (Å²) in [7, 11) is 0. The van der Waals surface area contributed by atoms with Gasteiger partial charge in [0.2, 0.25) is 0 Å². The molecule has 1 aliphatic rings. The minimum atomic E-state index is -0.406. The van der Waals surface area contributed by atoms with Crippen molar-refractivity contribution in [2.45, 2.75) is 26.1 Å². The van der Waals surface area contributed by atoms with Crippen LogP contribution in [-0.2, 0) is 26.1 Å². The minimum Gasteiger partial charge on any atom is -0.345 e. The van der Waals surface area contributed by atoms with Crippen LogP contribution in [0.4, 0.5) is 0 Å². The Morgan fingerprint density at radius 2 is 1.80 bits per heavy atom. The number of aromatic nitrogens is 4. The molecule has 1 N–H and O–H groups in total. The first-order valence-corrected chi connectivity index (χ1v) is 11.6. The van der Waals surface area contributed by atoms with E-state index >= 15 is 0 Å². The Morgan fingerprint density at radius 3 is 2.71 bits per heavy atom. The van der Waals surface area contributed by atoms with Crippen LogP contribution in [0.25, 0.3) is 11.3 Å². The highest BCUT2D eigenvalue weighted by Crippen LogP contribution is 2.20. The summed E-state index contributed by atoms with van der Waals surface area (Å²) in [4.78, 5) is 36.2. The van der Waals surface area contributed by atoms with Gasteiger partial charge in [-0.05, 0) is 41.3 Å². The second-order valence-corrected chi connectivity index (χ2v) is 8.86. The average Bonchev–Trinajstić information content (AvgIpc) is 3.29. The van der Waals surface area contributed by atoms with Crippen molar-refractivity contribution in [3.05, 3.63) is 118 Å². The fourth-order valence-electron chi connectivity index (χ4n) is 4.65. The first-order chi connectivity index (χ1) is 17.1. The predicted octanol–water partition coefficient (Wildman–Crippen LogP) is 2.83. The molecule has 0 radical (unpaired) electrons. The molecule has 8 nitrogen and oxygen atoms in total. The number of carbonyl (C=O) groups excluding carboxylic acids is 1. The van der Waals surface area contributed by atoms with E-state index in [4.69, 9.17) is 0 Å². The number of pyridine rings is 2. The van der Waals surface area contributed by atoms with Crippen molar-refractivity contribution in [2.75, 3.05) is 6.54 Å². The maximum atomic E-state index is 12.6. The van der Waals surface area contributed by atoms with Gasteiger partial charge in [0, 0.05) is 44.3 Å². The molecule has 1 aliphatic heterocycles. The summed E-state index contributed by atoms with van der Waals surface area (Å²) < 4.78 is 3.40. The Balaban J connectivity index is 1.13. The van der Waals surface area contributed by atoms with E-state index in [2.05, 4.69) is 56.7 Å². The summed E-state index contributed by atoms with van der Waals surface area (Å²) in [6.07, 6.45) is 6.72. The second-order valence-electron chi connectivity index (χ2n) is 8.86. The van der Waals surface area contributed by atoms with Crippen LogP contribution in [0.15, 0.2) is 84.0 Å². The highest BCUT2D eigenvalue weighted by Gasteiger charge is 2.16. The van der Waals surface area contributed by atoms with Crippen molar-refractivity contribution >= 4 is 17.2 Å². The molecule has 35 heavy (non-hydrogen) atoms. The molecule has 6 rings (SSSR count). The molecule has 0 bridgehead atoms. The van der Waals surface area contributed by atoms with Crippen LogP contribution in [-0.4, -0.2) is 36.1 Å². The quantitative estimate of drug-likeness (QED) is 0.433. The van der Waals surface area contributed by atoms with Crippen molar-refractivity contribution in [1.29, 1.82) is 0 Å². The fourth-order valence-corrected chi connectivity index (χ4v) is 4.65. The molecule has 0 saturated heterocycles. The van der Waals surface area contributed by atoms with E-state index in [1.54, 1.807) is 24.4 Å². The number of rotatable bonds is 5. The van der Waals surface area contributed by atoms with Gasteiger partial charge >= 0.3 is 0 Å². The van der Waals surface area contributed by atoms with Crippen LogP contribution < -0.4 is 10.9 Å². The lowest BCUT2D eigenvalue weighted by Gasteiger charge is -2.28. The zero-order chi connectivity index (χ0) is 23.8. The van der Waals surface area contributed by atoms with Crippen LogP contribution in [0.2, 0.25) is 0 Å². The third kappa shape index (κ3) is 4.31. The molecule has 5 aromatic rings. The van der Waals surface area contributed by atoms with E-state index in [0.29, 0.717) is 5.65 Å². The van der Waals surface area contributed by atoms with Gasteiger partial charge in [-0.1, -0.05) is 36.4 Å². The van der Waals surface area contributed by atoms with Crippen molar-refractivity contribution < 1.29 is 4.79 Å². The minimum absolute atomic E-state index is 0.0929. The highest BCUT2D eigenvalue weighted by atomic mass is 16.2. The van der Waals surface area contributed by atoms with Crippen LogP contribution in [0, 0.1) is 0 Å². The average molecular weight is 465 g/mol. The number of amides is 1. The van der Waals surface area contributed by atoms with Gasteiger partial charge in [-0.25, -0.2) is 9.97 Å². The molecular weight excluding hydrogens is 440 g/mol. The maximum absolute atomic E-state index is 12.6. The molecule has 8 heteroatoms. The van der Waals surface area contributed by atoms with E-state index in [1.807, 2.05) is 16.7 Å². The maximum Gasteiger partial charge on any atom is 0.270 e. The van der Waals surface area contributed by atoms with E-state index in [1.165, 1.54) is 27.2 Å². The Hall–Kier alpha value is -4.30. The second kappa shape index (κ2) is 8.81. The van der Waals surface area contributed by atoms with Crippen molar-refractivity contribution in [3.8, 4) is 0 Å². The molecule has 174 valence electrons. The Morgan fingerprint density at radius 1 is 0.943 bits per heavy atom. The highest BCUT2D eigenvalue weighted by molar-refractivity contribution is 5.92. The molecule has 0 unspecified atom stereocenters. The summed E-state index contributed by atoms with van der Waals surface area (Å²) >= 11 is 0. The zero-order valence-electron chi connectivity index (χ0n) is 19.1. The van der Waals surface area contributed by atoms with E-state index in [9.17, 15) is 9.59 Å². The van der Waals surface area contributed by atoms with Gasteiger partial charge in [0.05, 0.1) is 12.2 Å². The number of benzene rings is 1. The van der Waals surface area contributed by atoms with Gasteiger partial charge in [0.25, 0.3) is 11.5 Å². The number of fused-ring (bicyclic) bond motifs is 3.